The molecule has 1 saturated heterocycles. The van der Waals surface area contributed by atoms with Crippen LogP contribution in [0.3, 0.4) is 0 Å². The first kappa shape index (κ1) is 14.7. The number of benzene rings is 1. The molecule has 0 aliphatic carbocycles. The summed E-state index contributed by atoms with van der Waals surface area (Å²) in [6, 6.07) is 8.06. The average Bonchev–Trinajstić information content (AvgIpc) is 3.14. The number of nitrogens with one attached hydrogen (secondary N) is 2. The van der Waals surface area contributed by atoms with Crippen LogP contribution in [0.5, 0.6) is 0 Å². The van der Waals surface area contributed by atoms with Crippen LogP contribution >= 0.6 is 0 Å². The molecule has 1 fully saturated rings. The molecule has 116 valence electrons. The lowest BCUT2D eigenvalue weighted by Gasteiger charge is -2.16. The van der Waals surface area contributed by atoms with Crippen LogP contribution in [0.25, 0.3) is 11.3 Å². The highest BCUT2D eigenvalue weighted by Crippen LogP contribution is 2.22. The number of aromatic amines is 1. The number of aromatic nitrogens is 2. The van der Waals surface area contributed by atoms with Gasteiger partial charge in [-0.25, -0.2) is 4.98 Å². The molecule has 6 nitrogen and oxygen atoms in total. The Morgan fingerprint density at radius 2 is 2.23 bits per heavy atom. The fourth-order valence-electron chi connectivity index (χ4n) is 2.30. The third-order valence-electron chi connectivity index (χ3n) is 3.39. The monoisotopic (exact) mass is 300 g/mol. The number of ether oxygens (including phenoxy) is 2. The lowest BCUT2D eigenvalue weighted by atomic mass is 10.1. The highest BCUT2D eigenvalue weighted by Gasteiger charge is 2.32. The van der Waals surface area contributed by atoms with Crippen LogP contribution in [0.4, 0.5) is 5.69 Å². The summed E-state index contributed by atoms with van der Waals surface area (Å²) >= 11 is 0. The summed E-state index contributed by atoms with van der Waals surface area (Å²) in [5.41, 5.74) is 3.08. The summed E-state index contributed by atoms with van der Waals surface area (Å²) in [5.74, 6) is -0.490. The van der Waals surface area contributed by atoms with Gasteiger partial charge in [-0.1, -0.05) is 12.1 Å². The van der Waals surface area contributed by atoms with E-state index in [4.69, 9.17) is 9.47 Å². The second-order valence-corrected chi connectivity index (χ2v) is 5.63. The van der Waals surface area contributed by atoms with E-state index >= 15 is 0 Å². The summed E-state index contributed by atoms with van der Waals surface area (Å²) in [7, 11) is 0. The molecule has 2 N–H and O–H groups in total. The zero-order valence-electron chi connectivity index (χ0n) is 12.7. The van der Waals surface area contributed by atoms with Gasteiger partial charge in [-0.05, 0) is 31.5 Å². The minimum Gasteiger partial charge on any atom is -0.348 e. The van der Waals surface area contributed by atoms with E-state index < -0.39 is 5.79 Å². The molecule has 2 heterocycles. The standard InChI is InChI=1S/C16H20N4O2/c1-16(2)21-9-14(22-16)7-17-10-19-13-5-3-12(4-6-13)15-8-18-11-20-15/h3-6,8,10-11,14H,7,9H2,1-2H3,(H,17,19)(H,18,20). The first-order valence-corrected chi connectivity index (χ1v) is 7.28. The second-order valence-electron chi connectivity index (χ2n) is 5.63. The van der Waals surface area contributed by atoms with Crippen LogP contribution in [0, 0.1) is 0 Å². The van der Waals surface area contributed by atoms with Crippen molar-refractivity contribution in [3.05, 3.63) is 36.8 Å². The van der Waals surface area contributed by atoms with Crippen molar-refractivity contribution in [2.75, 3.05) is 18.5 Å². The molecule has 6 heteroatoms. The average molecular weight is 300 g/mol. The largest absolute Gasteiger partial charge is 0.348 e. The molecule has 1 aromatic heterocycles. The van der Waals surface area contributed by atoms with Gasteiger partial charge in [-0.15, -0.1) is 0 Å². The number of anilines is 1. The molecule has 1 aliphatic heterocycles. The number of hydrogen-bond acceptors (Lipinski definition) is 4. The van der Waals surface area contributed by atoms with Crippen LogP contribution in [-0.2, 0) is 9.47 Å². The van der Waals surface area contributed by atoms with Gasteiger partial charge >= 0.3 is 0 Å². The van der Waals surface area contributed by atoms with Crippen molar-refractivity contribution in [1.29, 1.82) is 0 Å². The molecule has 0 saturated carbocycles. The summed E-state index contributed by atoms with van der Waals surface area (Å²) < 4.78 is 11.2. The SMILES string of the molecule is CC1(C)OCC(CN=CNc2ccc(-c3cnc[nH]3)cc2)O1. The predicted molar refractivity (Wildman–Crippen MR) is 85.9 cm³/mol. The van der Waals surface area contributed by atoms with Crippen molar-refractivity contribution in [3.63, 3.8) is 0 Å². The summed E-state index contributed by atoms with van der Waals surface area (Å²) in [5, 5.41) is 3.15. The topological polar surface area (TPSA) is 71.5 Å². The van der Waals surface area contributed by atoms with E-state index in [1.54, 1.807) is 18.9 Å². The van der Waals surface area contributed by atoms with E-state index in [2.05, 4.69) is 20.3 Å². The molecule has 22 heavy (non-hydrogen) atoms. The van der Waals surface area contributed by atoms with Crippen LogP contribution in [0.1, 0.15) is 13.8 Å². The van der Waals surface area contributed by atoms with Gasteiger partial charge in [-0.3, -0.25) is 4.99 Å². The van der Waals surface area contributed by atoms with Crippen molar-refractivity contribution < 1.29 is 9.47 Å². The van der Waals surface area contributed by atoms with E-state index in [0.717, 1.165) is 16.9 Å². The molecule has 2 aromatic rings. The Morgan fingerprint density at radius 1 is 1.41 bits per heavy atom. The van der Waals surface area contributed by atoms with Gasteiger partial charge in [0.25, 0.3) is 0 Å². The Kier molecular flexibility index (Phi) is 4.22. The van der Waals surface area contributed by atoms with Crippen LogP contribution < -0.4 is 5.32 Å². The number of rotatable bonds is 5. The van der Waals surface area contributed by atoms with E-state index in [0.29, 0.717) is 13.2 Å². The zero-order chi connectivity index (χ0) is 15.4. The van der Waals surface area contributed by atoms with Gasteiger partial charge in [0.1, 0.15) is 6.10 Å². The van der Waals surface area contributed by atoms with E-state index in [1.807, 2.05) is 38.1 Å². The van der Waals surface area contributed by atoms with Gasteiger partial charge in [0.2, 0.25) is 0 Å². The second kappa shape index (κ2) is 6.29. The summed E-state index contributed by atoms with van der Waals surface area (Å²) in [6.07, 6.45) is 5.19. The Bertz CT molecular complexity index is 620. The quantitative estimate of drug-likeness (QED) is 0.658. The van der Waals surface area contributed by atoms with E-state index in [1.165, 1.54) is 0 Å². The van der Waals surface area contributed by atoms with Gasteiger partial charge in [0, 0.05) is 5.69 Å². The molecule has 1 aliphatic rings. The Morgan fingerprint density at radius 3 is 2.86 bits per heavy atom. The first-order valence-electron chi connectivity index (χ1n) is 7.28. The Labute approximate surface area is 129 Å². The summed E-state index contributed by atoms with van der Waals surface area (Å²) in [4.78, 5) is 11.4. The third-order valence-corrected chi connectivity index (χ3v) is 3.39. The normalized spacial score (nSPS) is 20.5. The fourth-order valence-corrected chi connectivity index (χ4v) is 2.30. The maximum Gasteiger partial charge on any atom is 0.163 e. The van der Waals surface area contributed by atoms with E-state index in [9.17, 15) is 0 Å². The molecule has 1 unspecified atom stereocenters. The number of imidazole rings is 1. The number of aliphatic imine (C=N–C) groups is 1. The van der Waals surface area contributed by atoms with Gasteiger partial charge in [0.05, 0.1) is 37.7 Å². The molecule has 0 amide bonds. The van der Waals surface area contributed by atoms with Gasteiger partial charge < -0.3 is 19.8 Å². The molecule has 0 spiro atoms. The maximum absolute atomic E-state index is 5.68. The zero-order valence-corrected chi connectivity index (χ0v) is 12.7. The van der Waals surface area contributed by atoms with Crippen molar-refractivity contribution in [1.82, 2.24) is 9.97 Å². The van der Waals surface area contributed by atoms with Crippen molar-refractivity contribution in [2.24, 2.45) is 4.99 Å². The number of H-pyrrole nitrogens is 1. The molecular weight excluding hydrogens is 280 g/mol. The van der Waals surface area contributed by atoms with Crippen LogP contribution in [0.2, 0.25) is 0 Å². The van der Waals surface area contributed by atoms with Gasteiger partial charge in [0.15, 0.2) is 5.79 Å². The number of hydrogen-bond donors (Lipinski definition) is 2. The molecule has 1 aromatic carbocycles. The lowest BCUT2D eigenvalue weighted by Crippen LogP contribution is -2.22. The smallest absolute Gasteiger partial charge is 0.163 e. The van der Waals surface area contributed by atoms with Crippen molar-refractivity contribution in [3.8, 4) is 11.3 Å². The predicted octanol–water partition coefficient (Wildman–Crippen LogP) is 2.67. The lowest BCUT2D eigenvalue weighted by molar-refractivity contribution is -0.137. The Balaban J connectivity index is 1.48. The minimum atomic E-state index is -0.490. The first-order chi connectivity index (χ1) is 10.6. The number of nitrogens with zero attached hydrogens (tertiary/aromatic N) is 2. The molecule has 1 atom stereocenters. The third kappa shape index (κ3) is 3.72. The minimum absolute atomic E-state index is 0.0239. The molecular formula is C16H20N4O2. The molecule has 0 bridgehead atoms. The van der Waals surface area contributed by atoms with Crippen molar-refractivity contribution in [2.45, 2.75) is 25.7 Å². The fraction of sp³-hybridized carbons (Fsp3) is 0.375. The van der Waals surface area contributed by atoms with Crippen LogP contribution in [0.15, 0.2) is 41.8 Å². The Hall–Kier alpha value is -2.18. The highest BCUT2D eigenvalue weighted by molar-refractivity contribution is 5.76. The van der Waals surface area contributed by atoms with Crippen LogP contribution in [-0.4, -0.2) is 41.3 Å². The van der Waals surface area contributed by atoms with Crippen molar-refractivity contribution >= 4 is 12.0 Å². The van der Waals surface area contributed by atoms with E-state index in [-0.39, 0.29) is 6.10 Å². The molecule has 3 rings (SSSR count). The summed E-state index contributed by atoms with van der Waals surface area (Å²) in [6.45, 7) is 5.00. The highest BCUT2D eigenvalue weighted by atomic mass is 16.7. The molecule has 0 radical (unpaired) electrons. The maximum atomic E-state index is 5.68. The van der Waals surface area contributed by atoms with Gasteiger partial charge in [-0.2, -0.15) is 0 Å².